The highest BCUT2D eigenvalue weighted by Crippen LogP contribution is 2.29. The van der Waals surface area contributed by atoms with Crippen LogP contribution in [-0.4, -0.2) is 25.4 Å². The van der Waals surface area contributed by atoms with Crippen molar-refractivity contribution in [2.45, 2.75) is 32.2 Å². The summed E-state index contributed by atoms with van der Waals surface area (Å²) in [6, 6.07) is 12.3. The van der Waals surface area contributed by atoms with Crippen molar-refractivity contribution in [3.63, 3.8) is 0 Å². The van der Waals surface area contributed by atoms with Gasteiger partial charge in [0, 0.05) is 31.7 Å². The van der Waals surface area contributed by atoms with E-state index in [2.05, 4.69) is 14.7 Å². The second kappa shape index (κ2) is 8.47. The van der Waals surface area contributed by atoms with E-state index in [0.29, 0.717) is 42.0 Å². The van der Waals surface area contributed by atoms with E-state index in [4.69, 9.17) is 6.57 Å². The number of fused-ring (bicyclic) bond motifs is 3. The van der Waals surface area contributed by atoms with Crippen LogP contribution in [0, 0.1) is 6.57 Å². The zero-order chi connectivity index (χ0) is 23.9. The summed E-state index contributed by atoms with van der Waals surface area (Å²) < 4.78 is 42.2. The Hall–Kier alpha value is -3.90. The number of halogens is 3. The zero-order valence-corrected chi connectivity index (χ0v) is 18.1. The van der Waals surface area contributed by atoms with E-state index in [1.165, 1.54) is 12.1 Å². The molecule has 0 unspecified atom stereocenters. The monoisotopic (exact) mass is 463 g/mol. The van der Waals surface area contributed by atoms with Crippen LogP contribution >= 0.6 is 0 Å². The lowest BCUT2D eigenvalue weighted by atomic mass is 10.0. The molecule has 0 aliphatic carbocycles. The van der Waals surface area contributed by atoms with Crippen LogP contribution in [0.3, 0.4) is 0 Å². The summed E-state index contributed by atoms with van der Waals surface area (Å²) in [5.41, 5.74) is 3.48. The minimum Gasteiger partial charge on any atom is -0.294 e. The van der Waals surface area contributed by atoms with Crippen LogP contribution in [0.25, 0.3) is 10.5 Å². The van der Waals surface area contributed by atoms with Crippen LogP contribution in [0.1, 0.15) is 27.9 Å². The number of nitrogens with zero attached hydrogens (tertiary/aromatic N) is 5. The Labute approximate surface area is 193 Å². The van der Waals surface area contributed by atoms with Gasteiger partial charge in [-0.3, -0.25) is 18.7 Å². The maximum atomic E-state index is 13.5. The summed E-state index contributed by atoms with van der Waals surface area (Å²) in [7, 11) is 0. The SMILES string of the molecule is [C-]#[N+]c1cccc(CN2CCc3c(c(=O)n(Cc4ccc(C(F)(F)F)cc4)c4cncn34)C2)c1. The van der Waals surface area contributed by atoms with Gasteiger partial charge in [0.15, 0.2) is 5.69 Å². The zero-order valence-electron chi connectivity index (χ0n) is 18.1. The largest absolute Gasteiger partial charge is 0.416 e. The van der Waals surface area contributed by atoms with Gasteiger partial charge < -0.3 is 0 Å². The highest BCUT2D eigenvalue weighted by molar-refractivity contribution is 5.47. The molecule has 0 spiro atoms. The fraction of sp³-hybridized carbons (Fsp3) is 0.240. The van der Waals surface area contributed by atoms with E-state index in [0.717, 1.165) is 29.9 Å². The van der Waals surface area contributed by atoms with Crippen molar-refractivity contribution in [3.8, 4) is 0 Å². The normalized spacial score (nSPS) is 14.2. The first kappa shape index (κ1) is 21.9. The summed E-state index contributed by atoms with van der Waals surface area (Å²) in [6.45, 7) is 9.16. The molecule has 1 aliphatic rings. The van der Waals surface area contributed by atoms with Gasteiger partial charge in [-0.2, -0.15) is 13.2 Å². The summed E-state index contributed by atoms with van der Waals surface area (Å²) in [5.74, 6) is 0. The molecule has 0 N–H and O–H groups in total. The van der Waals surface area contributed by atoms with Crippen LogP contribution in [0.15, 0.2) is 65.8 Å². The molecule has 4 aromatic rings. The second-order valence-electron chi connectivity index (χ2n) is 8.38. The van der Waals surface area contributed by atoms with Gasteiger partial charge in [0.25, 0.3) is 5.56 Å². The molecule has 3 heterocycles. The first-order valence-corrected chi connectivity index (χ1v) is 10.7. The average molecular weight is 463 g/mol. The van der Waals surface area contributed by atoms with Crippen molar-refractivity contribution < 1.29 is 13.2 Å². The number of rotatable bonds is 4. The van der Waals surface area contributed by atoms with Gasteiger partial charge in [-0.05, 0) is 23.3 Å². The Balaban J connectivity index is 1.47. The van der Waals surface area contributed by atoms with E-state index in [9.17, 15) is 18.0 Å². The van der Waals surface area contributed by atoms with Gasteiger partial charge in [0.1, 0.15) is 12.0 Å². The Morgan fingerprint density at radius 1 is 1.06 bits per heavy atom. The lowest BCUT2D eigenvalue weighted by molar-refractivity contribution is -0.137. The van der Waals surface area contributed by atoms with Crippen LogP contribution < -0.4 is 5.56 Å². The number of imidazole rings is 1. The van der Waals surface area contributed by atoms with Gasteiger partial charge in [-0.25, -0.2) is 9.83 Å². The average Bonchev–Trinajstić information content (AvgIpc) is 3.31. The third-order valence-electron chi connectivity index (χ3n) is 6.15. The number of benzene rings is 2. The highest BCUT2D eigenvalue weighted by Gasteiger charge is 2.30. The van der Waals surface area contributed by atoms with Crippen molar-refractivity contribution in [1.82, 2.24) is 18.9 Å². The molecule has 0 saturated carbocycles. The molecule has 1 aliphatic heterocycles. The molecule has 172 valence electrons. The number of aromatic nitrogens is 3. The smallest absolute Gasteiger partial charge is 0.294 e. The molecule has 2 aromatic carbocycles. The molecule has 0 fully saturated rings. The molecule has 6 nitrogen and oxygen atoms in total. The third-order valence-corrected chi connectivity index (χ3v) is 6.15. The van der Waals surface area contributed by atoms with Gasteiger partial charge >= 0.3 is 6.18 Å². The van der Waals surface area contributed by atoms with Crippen molar-refractivity contribution in [1.29, 1.82) is 0 Å². The summed E-state index contributed by atoms with van der Waals surface area (Å²) in [6.07, 6.45) is -0.460. The van der Waals surface area contributed by atoms with Crippen LogP contribution in [0.5, 0.6) is 0 Å². The molecule has 2 aromatic heterocycles. The lowest BCUT2D eigenvalue weighted by Crippen LogP contribution is -2.38. The Morgan fingerprint density at radius 3 is 2.59 bits per heavy atom. The van der Waals surface area contributed by atoms with Crippen molar-refractivity contribution in [3.05, 3.63) is 111 Å². The van der Waals surface area contributed by atoms with Crippen molar-refractivity contribution >= 4 is 11.3 Å². The fourth-order valence-corrected chi connectivity index (χ4v) is 4.48. The predicted octanol–water partition coefficient (Wildman–Crippen LogP) is 4.67. The molecule has 0 radical (unpaired) electrons. The maximum absolute atomic E-state index is 13.5. The van der Waals surface area contributed by atoms with Gasteiger partial charge in [-0.15, -0.1) is 0 Å². The topological polar surface area (TPSA) is 46.9 Å². The second-order valence-corrected chi connectivity index (χ2v) is 8.38. The highest BCUT2D eigenvalue weighted by atomic mass is 19.4. The molecule has 0 saturated heterocycles. The quantitative estimate of drug-likeness (QED) is 0.413. The van der Waals surface area contributed by atoms with E-state index in [-0.39, 0.29) is 12.1 Å². The fourth-order valence-electron chi connectivity index (χ4n) is 4.48. The summed E-state index contributed by atoms with van der Waals surface area (Å²) in [4.78, 5) is 23.4. The van der Waals surface area contributed by atoms with Crippen LogP contribution in [-0.2, 0) is 32.2 Å². The molecular weight excluding hydrogens is 443 g/mol. The van der Waals surface area contributed by atoms with Gasteiger partial charge in [0.2, 0.25) is 0 Å². The minimum atomic E-state index is -4.41. The number of alkyl halides is 3. The molecule has 0 atom stereocenters. The molecular formula is C25H20F3N5O. The van der Waals surface area contributed by atoms with Crippen LogP contribution in [0.4, 0.5) is 18.9 Å². The van der Waals surface area contributed by atoms with Crippen LogP contribution in [0.2, 0.25) is 0 Å². The first-order valence-electron chi connectivity index (χ1n) is 10.7. The van der Waals surface area contributed by atoms with Crippen molar-refractivity contribution in [2.75, 3.05) is 6.54 Å². The van der Waals surface area contributed by atoms with E-state index in [1.807, 2.05) is 22.6 Å². The molecule has 34 heavy (non-hydrogen) atoms. The van der Waals surface area contributed by atoms with Crippen molar-refractivity contribution in [2.24, 2.45) is 0 Å². The van der Waals surface area contributed by atoms with E-state index < -0.39 is 11.7 Å². The standard InChI is InChI=1S/C25H20F3N5O/c1-29-20-4-2-3-18(11-20)13-31-10-9-22-21(15-31)24(34)32(23-12-30-16-33(22)23)14-17-5-7-19(8-6-17)25(26,27)28/h2-8,11-12,16H,9-10,13-15H2. The summed E-state index contributed by atoms with van der Waals surface area (Å²) >= 11 is 0. The van der Waals surface area contributed by atoms with Gasteiger partial charge in [-0.1, -0.05) is 36.4 Å². The Bertz CT molecular complexity index is 1460. The minimum absolute atomic E-state index is 0.145. The molecule has 9 heteroatoms. The third kappa shape index (κ3) is 4.08. The van der Waals surface area contributed by atoms with E-state index >= 15 is 0 Å². The molecule has 0 amide bonds. The van der Waals surface area contributed by atoms with Gasteiger partial charge in [0.05, 0.1) is 30.4 Å². The number of hydrogen-bond donors (Lipinski definition) is 0. The lowest BCUT2D eigenvalue weighted by Gasteiger charge is -2.29. The summed E-state index contributed by atoms with van der Waals surface area (Å²) in [5, 5.41) is 0. The predicted molar refractivity (Wildman–Crippen MR) is 121 cm³/mol. The van der Waals surface area contributed by atoms with E-state index in [1.54, 1.807) is 23.2 Å². The number of hydrogen-bond acceptors (Lipinski definition) is 3. The maximum Gasteiger partial charge on any atom is 0.416 e. The molecule has 0 bridgehead atoms. The Kier molecular flexibility index (Phi) is 5.46. The first-order chi connectivity index (χ1) is 16.3. The Morgan fingerprint density at radius 2 is 1.85 bits per heavy atom. The molecule has 5 rings (SSSR count).